The fourth-order valence-corrected chi connectivity index (χ4v) is 3.01. The Labute approximate surface area is 155 Å². The molecular weight excluding hydrogens is 336 g/mol. The van der Waals surface area contributed by atoms with Crippen LogP contribution >= 0.6 is 12.4 Å². The lowest BCUT2D eigenvalue weighted by Crippen LogP contribution is -2.35. The van der Waals surface area contributed by atoms with E-state index in [0.717, 1.165) is 18.4 Å². The molecule has 0 aliphatic carbocycles. The van der Waals surface area contributed by atoms with E-state index < -0.39 is 0 Å². The third-order valence-corrected chi connectivity index (χ3v) is 4.43. The van der Waals surface area contributed by atoms with Crippen LogP contribution < -0.4 is 11.1 Å². The molecule has 3 rings (SSSR count). The fraction of sp³-hybridized carbons (Fsp3) is 0.350. The number of hydrogen-bond donors (Lipinski definition) is 2. The minimum absolute atomic E-state index is 0. The van der Waals surface area contributed by atoms with Gasteiger partial charge in [0.2, 0.25) is 5.91 Å². The molecule has 25 heavy (non-hydrogen) atoms. The SMILES string of the molecule is Cc1cccc(-c2ccc(CNC(=O)[C@@H]3CC[C@H](CN)O3)cc2)c1.Cl. The second kappa shape index (κ2) is 8.99. The van der Waals surface area contributed by atoms with Gasteiger partial charge in [-0.1, -0.05) is 54.1 Å². The highest BCUT2D eigenvalue weighted by molar-refractivity contribution is 5.85. The van der Waals surface area contributed by atoms with Crippen LogP contribution in [0.2, 0.25) is 0 Å². The van der Waals surface area contributed by atoms with Gasteiger partial charge < -0.3 is 15.8 Å². The standard InChI is InChI=1S/C20H24N2O2.ClH/c1-14-3-2-4-17(11-14)16-7-5-15(6-8-16)13-22-20(23)19-10-9-18(12-21)24-19;/h2-8,11,18-19H,9-10,12-13,21H2,1H3,(H,22,23);1H/t18-,19+;/m1./s1. The van der Waals surface area contributed by atoms with E-state index in [4.69, 9.17) is 10.5 Å². The van der Waals surface area contributed by atoms with Gasteiger partial charge in [-0.2, -0.15) is 0 Å². The average molecular weight is 361 g/mol. The Balaban J connectivity index is 0.00000225. The summed E-state index contributed by atoms with van der Waals surface area (Å²) >= 11 is 0. The van der Waals surface area contributed by atoms with Crippen molar-refractivity contribution in [2.24, 2.45) is 5.73 Å². The van der Waals surface area contributed by atoms with Gasteiger partial charge in [0, 0.05) is 13.1 Å². The van der Waals surface area contributed by atoms with Crippen molar-refractivity contribution < 1.29 is 9.53 Å². The van der Waals surface area contributed by atoms with E-state index in [2.05, 4.69) is 60.8 Å². The Bertz CT molecular complexity index is 703. The van der Waals surface area contributed by atoms with Gasteiger partial charge in [-0.3, -0.25) is 4.79 Å². The van der Waals surface area contributed by atoms with Crippen molar-refractivity contribution in [2.75, 3.05) is 6.54 Å². The van der Waals surface area contributed by atoms with Crippen LogP contribution in [0.15, 0.2) is 48.5 Å². The van der Waals surface area contributed by atoms with Crippen LogP contribution in [0, 0.1) is 6.92 Å². The molecule has 3 N–H and O–H groups in total. The Morgan fingerprint density at radius 2 is 1.92 bits per heavy atom. The Hall–Kier alpha value is -1.88. The van der Waals surface area contributed by atoms with Gasteiger partial charge in [0.15, 0.2) is 0 Å². The highest BCUT2D eigenvalue weighted by atomic mass is 35.5. The van der Waals surface area contributed by atoms with Crippen molar-refractivity contribution in [3.05, 3.63) is 59.7 Å². The molecule has 0 saturated carbocycles. The van der Waals surface area contributed by atoms with Crippen molar-refractivity contribution in [3.63, 3.8) is 0 Å². The maximum atomic E-state index is 12.1. The number of carbonyl (C=O) groups is 1. The summed E-state index contributed by atoms with van der Waals surface area (Å²) < 4.78 is 5.61. The number of carbonyl (C=O) groups excluding carboxylic acids is 1. The maximum absolute atomic E-state index is 12.1. The highest BCUT2D eigenvalue weighted by Gasteiger charge is 2.29. The van der Waals surface area contributed by atoms with E-state index in [1.54, 1.807) is 0 Å². The lowest BCUT2D eigenvalue weighted by atomic mass is 10.0. The van der Waals surface area contributed by atoms with Crippen LogP contribution in [0.5, 0.6) is 0 Å². The fourth-order valence-electron chi connectivity index (χ4n) is 3.01. The summed E-state index contributed by atoms with van der Waals surface area (Å²) in [4.78, 5) is 12.1. The number of benzene rings is 2. The van der Waals surface area contributed by atoms with Crippen LogP contribution in [0.25, 0.3) is 11.1 Å². The molecule has 5 heteroatoms. The third-order valence-electron chi connectivity index (χ3n) is 4.43. The third kappa shape index (κ3) is 5.05. The summed E-state index contributed by atoms with van der Waals surface area (Å²) in [6.45, 7) is 3.08. The van der Waals surface area contributed by atoms with Crippen LogP contribution in [0.3, 0.4) is 0 Å². The largest absolute Gasteiger partial charge is 0.364 e. The Morgan fingerprint density at radius 3 is 2.56 bits per heavy atom. The second-order valence-corrected chi connectivity index (χ2v) is 6.34. The monoisotopic (exact) mass is 360 g/mol. The molecule has 0 spiro atoms. The molecule has 1 heterocycles. The highest BCUT2D eigenvalue weighted by Crippen LogP contribution is 2.21. The molecular formula is C20H25ClN2O2. The van der Waals surface area contributed by atoms with Gasteiger partial charge in [0.05, 0.1) is 6.10 Å². The predicted molar refractivity (Wildman–Crippen MR) is 103 cm³/mol. The van der Waals surface area contributed by atoms with Gasteiger partial charge in [-0.25, -0.2) is 0 Å². The van der Waals surface area contributed by atoms with Crippen molar-refractivity contribution in [1.82, 2.24) is 5.32 Å². The first kappa shape index (κ1) is 19.4. The molecule has 1 aliphatic rings. The summed E-state index contributed by atoms with van der Waals surface area (Å²) in [7, 11) is 0. The maximum Gasteiger partial charge on any atom is 0.249 e. The minimum Gasteiger partial charge on any atom is -0.364 e. The summed E-state index contributed by atoms with van der Waals surface area (Å²) in [5.41, 5.74) is 10.3. The lowest BCUT2D eigenvalue weighted by Gasteiger charge is -2.13. The smallest absolute Gasteiger partial charge is 0.249 e. The number of aryl methyl sites for hydroxylation is 1. The van der Waals surface area contributed by atoms with Gasteiger partial charge in [0.25, 0.3) is 0 Å². The van der Waals surface area contributed by atoms with Gasteiger partial charge in [-0.15, -0.1) is 12.4 Å². The molecule has 2 atom stereocenters. The zero-order valence-electron chi connectivity index (χ0n) is 14.4. The van der Waals surface area contributed by atoms with Gasteiger partial charge in [-0.05, 0) is 36.5 Å². The molecule has 0 bridgehead atoms. The van der Waals surface area contributed by atoms with Crippen molar-refractivity contribution >= 4 is 18.3 Å². The molecule has 4 nitrogen and oxygen atoms in total. The Morgan fingerprint density at radius 1 is 1.16 bits per heavy atom. The number of rotatable bonds is 5. The number of nitrogens with two attached hydrogens (primary N) is 1. The number of amides is 1. The molecule has 1 saturated heterocycles. The first-order valence-corrected chi connectivity index (χ1v) is 8.45. The first-order chi connectivity index (χ1) is 11.7. The van der Waals surface area contributed by atoms with E-state index in [9.17, 15) is 4.79 Å². The minimum atomic E-state index is -0.356. The molecule has 2 aromatic rings. The van der Waals surface area contributed by atoms with Crippen LogP contribution in [-0.2, 0) is 16.1 Å². The Kier molecular flexibility index (Phi) is 7.00. The van der Waals surface area contributed by atoms with Crippen molar-refractivity contribution in [1.29, 1.82) is 0 Å². The number of hydrogen-bond acceptors (Lipinski definition) is 3. The average Bonchev–Trinajstić information content (AvgIpc) is 3.09. The second-order valence-electron chi connectivity index (χ2n) is 6.34. The summed E-state index contributed by atoms with van der Waals surface area (Å²) in [6, 6.07) is 16.7. The quantitative estimate of drug-likeness (QED) is 0.860. The molecule has 2 aromatic carbocycles. The molecule has 1 fully saturated rings. The van der Waals surface area contributed by atoms with Gasteiger partial charge in [0.1, 0.15) is 6.10 Å². The van der Waals surface area contributed by atoms with Crippen molar-refractivity contribution in [3.8, 4) is 11.1 Å². The van der Waals surface area contributed by atoms with Gasteiger partial charge >= 0.3 is 0 Å². The summed E-state index contributed by atoms with van der Waals surface area (Å²) in [5.74, 6) is -0.0475. The molecule has 134 valence electrons. The lowest BCUT2D eigenvalue weighted by molar-refractivity contribution is -0.132. The molecule has 1 amide bonds. The van der Waals surface area contributed by atoms with E-state index in [1.165, 1.54) is 16.7 Å². The number of nitrogens with one attached hydrogen (secondary N) is 1. The van der Waals surface area contributed by atoms with Crippen LogP contribution in [0.4, 0.5) is 0 Å². The topological polar surface area (TPSA) is 64.4 Å². The zero-order chi connectivity index (χ0) is 16.9. The van der Waals surface area contributed by atoms with Crippen LogP contribution in [0.1, 0.15) is 24.0 Å². The molecule has 0 aromatic heterocycles. The van der Waals surface area contributed by atoms with E-state index in [0.29, 0.717) is 13.1 Å². The van der Waals surface area contributed by atoms with Crippen molar-refractivity contribution in [2.45, 2.75) is 38.5 Å². The predicted octanol–water partition coefficient (Wildman–Crippen LogP) is 3.21. The van der Waals surface area contributed by atoms with E-state index in [1.807, 2.05) is 0 Å². The molecule has 1 aliphatic heterocycles. The van der Waals surface area contributed by atoms with Crippen LogP contribution in [-0.4, -0.2) is 24.7 Å². The first-order valence-electron chi connectivity index (χ1n) is 8.45. The molecule has 0 radical (unpaired) electrons. The summed E-state index contributed by atoms with van der Waals surface area (Å²) in [5, 5.41) is 2.95. The summed E-state index contributed by atoms with van der Waals surface area (Å²) in [6.07, 6.45) is 1.28. The normalized spacial score (nSPS) is 19.3. The zero-order valence-corrected chi connectivity index (χ0v) is 15.2. The molecule has 0 unspecified atom stereocenters. The number of halogens is 1. The van der Waals surface area contributed by atoms with E-state index in [-0.39, 0.29) is 30.5 Å². The van der Waals surface area contributed by atoms with E-state index >= 15 is 0 Å². The number of ether oxygens (including phenoxy) is 1.